The highest BCUT2D eigenvalue weighted by Crippen LogP contribution is 2.36. The largest absolute Gasteiger partial charge is 0.306 e. The molecular weight excluding hydrogens is 162 g/mol. The molecule has 1 N–H and O–H groups in total. The van der Waals surface area contributed by atoms with Crippen LogP contribution in [0.5, 0.6) is 0 Å². The first-order valence-corrected chi connectivity index (χ1v) is 4.16. The van der Waals surface area contributed by atoms with Crippen LogP contribution in [0.2, 0.25) is 0 Å². The molecule has 0 aromatic rings. The van der Waals surface area contributed by atoms with E-state index in [4.69, 9.17) is 4.55 Å². The van der Waals surface area contributed by atoms with Gasteiger partial charge < -0.3 is 4.55 Å². The first-order valence-electron chi connectivity index (χ1n) is 2.99. The van der Waals surface area contributed by atoms with Crippen molar-refractivity contribution in [3.8, 4) is 0 Å². The molecule has 10 heavy (non-hydrogen) atoms. The van der Waals surface area contributed by atoms with Gasteiger partial charge in [-0.25, -0.2) is 13.0 Å². The predicted molar refractivity (Wildman–Crippen MR) is 33.4 cm³/mol. The zero-order valence-corrected chi connectivity index (χ0v) is 6.03. The van der Waals surface area contributed by atoms with Crippen LogP contribution in [0.4, 0.5) is 8.78 Å². The van der Waals surface area contributed by atoms with Crippen LogP contribution in [0.15, 0.2) is 0 Å². The summed E-state index contributed by atoms with van der Waals surface area (Å²) in [4.78, 5) is 0. The van der Waals surface area contributed by atoms with Crippen LogP contribution in [0.25, 0.3) is 0 Å². The Labute approximate surface area is 59.9 Å². The maximum absolute atomic E-state index is 12.3. The van der Waals surface area contributed by atoms with Crippen LogP contribution < -0.4 is 0 Å². The van der Waals surface area contributed by atoms with Crippen LogP contribution in [-0.4, -0.2) is 19.9 Å². The molecule has 0 bridgehead atoms. The molecule has 1 fully saturated rings. The van der Waals surface area contributed by atoms with E-state index in [0.29, 0.717) is 0 Å². The van der Waals surface area contributed by atoms with Crippen LogP contribution in [0, 0.1) is 0 Å². The number of alkyl halides is 2. The molecule has 0 amide bonds. The molecule has 0 aliphatic heterocycles. The van der Waals surface area contributed by atoms with E-state index in [0.717, 1.165) is 0 Å². The third-order valence-corrected chi connectivity index (χ3v) is 2.62. The lowest BCUT2D eigenvalue weighted by Gasteiger charge is -2.05. The Morgan fingerprint density at radius 2 is 2.20 bits per heavy atom. The van der Waals surface area contributed by atoms with Gasteiger partial charge in [-0.05, 0) is 6.42 Å². The molecule has 60 valence electrons. The molecular formula is C5H8F2O2S. The molecule has 1 rings (SSSR count). The van der Waals surface area contributed by atoms with Gasteiger partial charge in [-0.3, -0.25) is 0 Å². The van der Waals surface area contributed by atoms with Crippen molar-refractivity contribution in [3.63, 3.8) is 0 Å². The smallest absolute Gasteiger partial charge is 0.249 e. The van der Waals surface area contributed by atoms with E-state index >= 15 is 0 Å². The lowest BCUT2D eigenvalue weighted by atomic mass is 10.3. The van der Waals surface area contributed by atoms with Gasteiger partial charge in [0.25, 0.3) is 0 Å². The molecule has 2 unspecified atom stereocenters. The maximum Gasteiger partial charge on any atom is 0.249 e. The van der Waals surface area contributed by atoms with E-state index in [2.05, 4.69) is 0 Å². The zero-order valence-electron chi connectivity index (χ0n) is 5.22. The third kappa shape index (κ3) is 1.73. The van der Waals surface area contributed by atoms with Crippen molar-refractivity contribution in [2.45, 2.75) is 30.4 Å². The summed E-state index contributed by atoms with van der Waals surface area (Å²) in [6.45, 7) is 0. The third-order valence-electron chi connectivity index (χ3n) is 1.64. The molecule has 0 heterocycles. The van der Waals surface area contributed by atoms with Crippen molar-refractivity contribution in [2.24, 2.45) is 0 Å². The normalized spacial score (nSPS) is 34.1. The summed E-state index contributed by atoms with van der Waals surface area (Å²) in [5, 5.41) is -0.713. The summed E-state index contributed by atoms with van der Waals surface area (Å²) in [6.07, 6.45) is -0.518. The number of hydrogen-bond acceptors (Lipinski definition) is 1. The minimum absolute atomic E-state index is 0.163. The second kappa shape index (κ2) is 2.54. The fraction of sp³-hybridized carbons (Fsp3) is 1.00. The molecule has 0 radical (unpaired) electrons. The molecule has 0 aromatic carbocycles. The Morgan fingerprint density at radius 1 is 1.60 bits per heavy atom. The van der Waals surface area contributed by atoms with E-state index in [-0.39, 0.29) is 12.8 Å². The second-order valence-corrected chi connectivity index (χ2v) is 3.72. The maximum atomic E-state index is 12.3. The average Bonchev–Trinajstić information content (AvgIpc) is 2.10. The molecule has 0 saturated heterocycles. The van der Waals surface area contributed by atoms with Gasteiger partial charge in [0.2, 0.25) is 5.92 Å². The van der Waals surface area contributed by atoms with Crippen LogP contribution in [-0.2, 0) is 11.1 Å². The van der Waals surface area contributed by atoms with Gasteiger partial charge in [-0.15, -0.1) is 0 Å². The SMILES string of the molecule is O=S(O)C1CCC(F)(F)C1. The van der Waals surface area contributed by atoms with Crippen LogP contribution >= 0.6 is 0 Å². The Morgan fingerprint density at radius 3 is 2.40 bits per heavy atom. The molecule has 2 nitrogen and oxygen atoms in total. The Hall–Kier alpha value is -0.0300. The summed E-state index contributed by atoms with van der Waals surface area (Å²) in [6, 6.07) is 0. The monoisotopic (exact) mass is 170 g/mol. The predicted octanol–water partition coefficient (Wildman–Crippen LogP) is 1.40. The topological polar surface area (TPSA) is 37.3 Å². The van der Waals surface area contributed by atoms with Crippen molar-refractivity contribution in [1.82, 2.24) is 0 Å². The summed E-state index contributed by atoms with van der Waals surface area (Å²) >= 11 is -2.07. The number of rotatable bonds is 1. The summed E-state index contributed by atoms with van der Waals surface area (Å²) < 4.78 is 43.3. The van der Waals surface area contributed by atoms with Crippen LogP contribution in [0.1, 0.15) is 19.3 Å². The molecule has 5 heteroatoms. The van der Waals surface area contributed by atoms with E-state index in [1.165, 1.54) is 0 Å². The Bertz CT molecular complexity index is 160. The highest BCUT2D eigenvalue weighted by Gasteiger charge is 2.41. The Balaban J connectivity index is 2.51. The molecule has 1 aliphatic rings. The van der Waals surface area contributed by atoms with Crippen molar-refractivity contribution >= 4 is 11.1 Å². The first-order chi connectivity index (χ1) is 4.51. The highest BCUT2D eigenvalue weighted by molar-refractivity contribution is 7.79. The lowest BCUT2D eigenvalue weighted by Crippen LogP contribution is -2.15. The van der Waals surface area contributed by atoms with Crippen LogP contribution in [0.3, 0.4) is 0 Å². The van der Waals surface area contributed by atoms with Crippen molar-refractivity contribution in [3.05, 3.63) is 0 Å². The first kappa shape index (κ1) is 8.07. The van der Waals surface area contributed by atoms with Gasteiger partial charge in [0.1, 0.15) is 0 Å². The highest BCUT2D eigenvalue weighted by atomic mass is 32.2. The molecule has 1 aliphatic carbocycles. The summed E-state index contributed by atoms with van der Waals surface area (Å²) in [5.74, 6) is -2.71. The minimum atomic E-state index is -2.71. The quantitative estimate of drug-likeness (QED) is 0.604. The molecule has 2 atom stereocenters. The minimum Gasteiger partial charge on any atom is -0.306 e. The van der Waals surface area contributed by atoms with E-state index in [1.54, 1.807) is 0 Å². The van der Waals surface area contributed by atoms with Gasteiger partial charge in [0, 0.05) is 12.8 Å². The van der Waals surface area contributed by atoms with Gasteiger partial charge in [-0.2, -0.15) is 0 Å². The lowest BCUT2D eigenvalue weighted by molar-refractivity contribution is 0.00953. The van der Waals surface area contributed by atoms with Crippen molar-refractivity contribution < 1.29 is 17.5 Å². The number of hydrogen-bond donors (Lipinski definition) is 1. The standard InChI is InChI=1S/C5H8F2O2S/c6-5(7)2-1-4(3-5)10(8)9/h4H,1-3H2,(H,8,9). The van der Waals surface area contributed by atoms with Gasteiger partial charge >= 0.3 is 0 Å². The van der Waals surface area contributed by atoms with Gasteiger partial charge in [-0.1, -0.05) is 0 Å². The van der Waals surface area contributed by atoms with Gasteiger partial charge in [0.05, 0.1) is 5.25 Å². The van der Waals surface area contributed by atoms with Gasteiger partial charge in [0.15, 0.2) is 11.1 Å². The summed E-state index contributed by atoms with van der Waals surface area (Å²) in [5.41, 5.74) is 0. The Kier molecular flexibility index (Phi) is 2.05. The number of halogens is 2. The fourth-order valence-electron chi connectivity index (χ4n) is 1.08. The van der Waals surface area contributed by atoms with Crippen molar-refractivity contribution in [2.75, 3.05) is 0 Å². The fourth-order valence-corrected chi connectivity index (χ4v) is 1.79. The van der Waals surface area contributed by atoms with E-state index in [1.807, 2.05) is 0 Å². The van der Waals surface area contributed by atoms with E-state index in [9.17, 15) is 13.0 Å². The van der Waals surface area contributed by atoms with E-state index < -0.39 is 28.7 Å². The van der Waals surface area contributed by atoms with Crippen molar-refractivity contribution in [1.29, 1.82) is 0 Å². The zero-order chi connectivity index (χ0) is 7.78. The second-order valence-electron chi connectivity index (χ2n) is 2.50. The summed E-state index contributed by atoms with van der Waals surface area (Å²) in [7, 11) is 0. The average molecular weight is 170 g/mol. The molecule has 0 aromatic heterocycles. The molecule has 1 saturated carbocycles. The molecule has 0 spiro atoms.